The van der Waals surface area contributed by atoms with Gasteiger partial charge in [0, 0.05) is 6.21 Å². The Morgan fingerprint density at radius 3 is 2.40 bits per heavy atom. The van der Waals surface area contributed by atoms with E-state index in [2.05, 4.69) is 4.40 Å². The molecule has 0 aliphatic carbocycles. The summed E-state index contributed by atoms with van der Waals surface area (Å²) in [5.74, 6) is 0.321. The summed E-state index contributed by atoms with van der Waals surface area (Å²) in [5, 5.41) is 0. The molecular formula is C6H12ClNOS. The Balaban J connectivity index is 3.98. The molecule has 0 rings (SSSR count). The van der Waals surface area contributed by atoms with Gasteiger partial charge in [-0.3, -0.25) is 0 Å². The summed E-state index contributed by atoms with van der Waals surface area (Å²) in [5.41, 5.74) is 0. The van der Waals surface area contributed by atoms with E-state index in [-0.39, 0.29) is 4.75 Å². The van der Waals surface area contributed by atoms with Crippen LogP contribution in [-0.4, -0.2) is 21.1 Å². The van der Waals surface area contributed by atoms with Crippen LogP contribution in [0.1, 0.15) is 20.8 Å². The molecule has 0 aliphatic heterocycles. The van der Waals surface area contributed by atoms with Gasteiger partial charge < -0.3 is 0 Å². The van der Waals surface area contributed by atoms with Crippen LogP contribution in [0.4, 0.5) is 0 Å². The molecule has 4 heteroatoms. The molecule has 60 valence electrons. The van der Waals surface area contributed by atoms with Crippen LogP contribution in [0.2, 0.25) is 0 Å². The predicted molar refractivity (Wildman–Crippen MR) is 47.1 cm³/mol. The third-order valence-electron chi connectivity index (χ3n) is 0.763. The second kappa shape index (κ2) is 4.09. The summed E-state index contributed by atoms with van der Waals surface area (Å²) < 4.78 is 14.5. The Hall–Kier alpha value is 0.110. The van der Waals surface area contributed by atoms with Crippen molar-refractivity contribution in [1.29, 1.82) is 0 Å². The Morgan fingerprint density at radius 1 is 1.60 bits per heavy atom. The predicted octanol–water partition coefficient (Wildman–Crippen LogP) is 1.76. The molecule has 0 unspecified atom stereocenters. The van der Waals surface area contributed by atoms with Crippen LogP contribution in [0, 0.1) is 0 Å². The van der Waals surface area contributed by atoms with Crippen molar-refractivity contribution in [1.82, 2.24) is 0 Å². The minimum absolute atomic E-state index is 0.275. The van der Waals surface area contributed by atoms with E-state index in [1.807, 2.05) is 20.8 Å². The lowest BCUT2D eigenvalue weighted by molar-refractivity contribution is 0.651. The first-order valence-corrected chi connectivity index (χ1v) is 4.63. The van der Waals surface area contributed by atoms with Crippen molar-refractivity contribution in [3.8, 4) is 0 Å². The zero-order valence-corrected chi connectivity index (χ0v) is 8.00. The lowest BCUT2D eigenvalue weighted by Crippen LogP contribution is -2.19. The van der Waals surface area contributed by atoms with Crippen molar-refractivity contribution < 1.29 is 4.21 Å². The summed E-state index contributed by atoms with van der Waals surface area (Å²) in [6.07, 6.45) is 1.46. The van der Waals surface area contributed by atoms with Gasteiger partial charge in [-0.05, 0) is 20.8 Å². The second-order valence-corrected chi connectivity index (χ2v) is 5.05. The Morgan fingerprint density at radius 2 is 2.10 bits per heavy atom. The molecule has 0 N–H and O–H groups in total. The average Bonchev–Trinajstić information content (AvgIpc) is 1.80. The molecule has 10 heavy (non-hydrogen) atoms. The zero-order valence-electron chi connectivity index (χ0n) is 6.43. The van der Waals surface area contributed by atoms with Crippen LogP contribution in [0.25, 0.3) is 0 Å². The highest BCUT2D eigenvalue weighted by molar-refractivity contribution is 7.85. The van der Waals surface area contributed by atoms with Crippen LogP contribution in [0.5, 0.6) is 0 Å². The van der Waals surface area contributed by atoms with Crippen LogP contribution in [-0.2, 0) is 11.0 Å². The van der Waals surface area contributed by atoms with Crippen molar-refractivity contribution in [3.05, 3.63) is 0 Å². The van der Waals surface area contributed by atoms with Crippen molar-refractivity contribution in [2.24, 2.45) is 4.40 Å². The molecule has 0 fully saturated rings. The number of hydrogen-bond acceptors (Lipinski definition) is 1. The molecule has 0 spiro atoms. The van der Waals surface area contributed by atoms with Gasteiger partial charge in [0.1, 0.15) is 11.0 Å². The molecule has 0 aromatic carbocycles. The monoisotopic (exact) mass is 181 g/mol. The maximum Gasteiger partial charge on any atom is 0.144 e. The maximum atomic E-state index is 11.1. The van der Waals surface area contributed by atoms with E-state index in [9.17, 15) is 4.21 Å². The number of nitrogens with zero attached hydrogens (tertiary/aromatic N) is 1. The van der Waals surface area contributed by atoms with Gasteiger partial charge in [0.15, 0.2) is 0 Å². The van der Waals surface area contributed by atoms with Crippen molar-refractivity contribution >= 4 is 28.8 Å². The summed E-state index contributed by atoms with van der Waals surface area (Å²) in [6.45, 7) is 5.61. The maximum absolute atomic E-state index is 11.1. The molecule has 0 heterocycles. The minimum Gasteiger partial charge on any atom is -0.234 e. The summed E-state index contributed by atoms with van der Waals surface area (Å²) in [4.78, 5) is 0. The first-order valence-electron chi connectivity index (χ1n) is 2.99. The molecule has 0 saturated carbocycles. The minimum atomic E-state index is -1.15. The molecule has 0 aromatic rings. The average molecular weight is 182 g/mol. The Labute approximate surface area is 69.3 Å². The quantitative estimate of drug-likeness (QED) is 0.472. The molecule has 0 bridgehead atoms. The van der Waals surface area contributed by atoms with E-state index in [0.717, 1.165) is 0 Å². The molecule has 0 aromatic heterocycles. The smallest absolute Gasteiger partial charge is 0.144 e. The van der Waals surface area contributed by atoms with Crippen LogP contribution in [0.3, 0.4) is 0 Å². The van der Waals surface area contributed by atoms with Crippen LogP contribution in [0.15, 0.2) is 4.40 Å². The second-order valence-electron chi connectivity index (χ2n) is 2.80. The van der Waals surface area contributed by atoms with E-state index in [1.54, 1.807) is 0 Å². The summed E-state index contributed by atoms with van der Waals surface area (Å²) in [6, 6.07) is 0. The van der Waals surface area contributed by atoms with Crippen molar-refractivity contribution in [3.63, 3.8) is 0 Å². The third-order valence-corrected chi connectivity index (χ3v) is 2.29. The molecule has 0 amide bonds. The van der Waals surface area contributed by atoms with E-state index in [1.165, 1.54) is 6.21 Å². The standard InChI is InChI=1S/C6H12ClNOS/c1-6(2,3)10(9)8-5-4-7/h5H,4H2,1-3H3/t10-/m1/s1. The molecule has 2 nitrogen and oxygen atoms in total. The fourth-order valence-corrected chi connectivity index (χ4v) is 0.931. The van der Waals surface area contributed by atoms with Gasteiger partial charge >= 0.3 is 0 Å². The van der Waals surface area contributed by atoms with Gasteiger partial charge in [0.05, 0.1) is 10.6 Å². The van der Waals surface area contributed by atoms with Gasteiger partial charge in [-0.2, -0.15) is 4.40 Å². The molecule has 0 saturated heterocycles. The lowest BCUT2D eigenvalue weighted by atomic mass is 10.3. The van der Waals surface area contributed by atoms with E-state index >= 15 is 0 Å². The van der Waals surface area contributed by atoms with Gasteiger partial charge in [0.2, 0.25) is 0 Å². The SMILES string of the molecule is CC(C)(C)[S@@](=O)N=CCCl. The highest BCUT2D eigenvalue weighted by atomic mass is 35.5. The normalized spacial score (nSPS) is 16.0. The fraction of sp³-hybridized carbons (Fsp3) is 0.833. The van der Waals surface area contributed by atoms with E-state index < -0.39 is 11.0 Å². The summed E-state index contributed by atoms with van der Waals surface area (Å²) >= 11 is 5.31. The fourth-order valence-electron chi connectivity index (χ4n) is 0.254. The zero-order chi connectivity index (χ0) is 8.20. The van der Waals surface area contributed by atoms with Crippen LogP contribution < -0.4 is 0 Å². The van der Waals surface area contributed by atoms with Crippen molar-refractivity contribution in [2.75, 3.05) is 5.88 Å². The highest BCUT2D eigenvalue weighted by Crippen LogP contribution is 2.11. The molecule has 0 aliphatic rings. The number of halogens is 1. The largest absolute Gasteiger partial charge is 0.234 e. The summed E-state index contributed by atoms with van der Waals surface area (Å²) in [7, 11) is -1.15. The van der Waals surface area contributed by atoms with Gasteiger partial charge in [-0.1, -0.05) is 0 Å². The molecule has 0 radical (unpaired) electrons. The first kappa shape index (κ1) is 10.1. The Kier molecular flexibility index (Phi) is 4.13. The lowest BCUT2D eigenvalue weighted by Gasteiger charge is -2.12. The van der Waals surface area contributed by atoms with E-state index in [0.29, 0.717) is 5.88 Å². The highest BCUT2D eigenvalue weighted by Gasteiger charge is 2.17. The molecule has 1 atom stereocenters. The Bertz CT molecular complexity index is 150. The molecular weight excluding hydrogens is 170 g/mol. The number of rotatable bonds is 2. The van der Waals surface area contributed by atoms with E-state index in [4.69, 9.17) is 11.6 Å². The van der Waals surface area contributed by atoms with Gasteiger partial charge in [-0.15, -0.1) is 11.6 Å². The van der Waals surface area contributed by atoms with Gasteiger partial charge in [-0.25, -0.2) is 4.21 Å². The van der Waals surface area contributed by atoms with Crippen LogP contribution >= 0.6 is 11.6 Å². The van der Waals surface area contributed by atoms with Crippen molar-refractivity contribution in [2.45, 2.75) is 25.5 Å². The number of hydrogen-bond donors (Lipinski definition) is 0. The van der Waals surface area contributed by atoms with Gasteiger partial charge in [0.25, 0.3) is 0 Å². The number of alkyl halides is 1. The first-order chi connectivity index (χ1) is 4.48. The third kappa shape index (κ3) is 4.01. The topological polar surface area (TPSA) is 29.4 Å².